The minimum Gasteiger partial charge on any atom is -0.465 e. The highest BCUT2D eigenvalue weighted by atomic mass is 35.5. The fourth-order valence-electron chi connectivity index (χ4n) is 2.74. The van der Waals surface area contributed by atoms with E-state index in [1.54, 1.807) is 12.1 Å². The second kappa shape index (κ2) is 8.54. The summed E-state index contributed by atoms with van der Waals surface area (Å²) in [5.74, 6) is 1.29. The zero-order valence-electron chi connectivity index (χ0n) is 14.1. The van der Waals surface area contributed by atoms with Gasteiger partial charge in [-0.25, -0.2) is 14.8 Å². The van der Waals surface area contributed by atoms with Crippen LogP contribution in [0.15, 0.2) is 35.5 Å². The van der Waals surface area contributed by atoms with Gasteiger partial charge in [0, 0.05) is 24.9 Å². The molecule has 132 valence electrons. The zero-order chi connectivity index (χ0) is 17.6. The first kappa shape index (κ1) is 18.0. The third-order valence-electron chi connectivity index (χ3n) is 4.08. The standard InChI is InChI=1S/C18H20ClN3O2S/c1-24-17(23)14-7-5-13(6-8-14)12-25-18-20-15(19)11-16(21-18)22-9-3-2-4-10-22/h5-8,11H,2-4,9-10,12H2,1H3. The van der Waals surface area contributed by atoms with Gasteiger partial charge in [-0.15, -0.1) is 0 Å². The summed E-state index contributed by atoms with van der Waals surface area (Å²) in [4.78, 5) is 22.7. The maximum Gasteiger partial charge on any atom is 0.337 e. The van der Waals surface area contributed by atoms with Crippen molar-refractivity contribution in [3.8, 4) is 0 Å². The second-order valence-electron chi connectivity index (χ2n) is 5.86. The number of esters is 1. The lowest BCUT2D eigenvalue weighted by molar-refractivity contribution is 0.0600. The highest BCUT2D eigenvalue weighted by Gasteiger charge is 2.14. The summed E-state index contributed by atoms with van der Waals surface area (Å²) in [6.07, 6.45) is 3.66. The van der Waals surface area contributed by atoms with E-state index in [0.29, 0.717) is 21.6 Å². The van der Waals surface area contributed by atoms with Crippen LogP contribution in [0.5, 0.6) is 0 Å². The smallest absolute Gasteiger partial charge is 0.337 e. The summed E-state index contributed by atoms with van der Waals surface area (Å²) < 4.78 is 4.71. The number of carbonyl (C=O) groups excluding carboxylic acids is 1. The van der Waals surface area contributed by atoms with Crippen LogP contribution in [-0.2, 0) is 10.5 Å². The molecule has 25 heavy (non-hydrogen) atoms. The number of aromatic nitrogens is 2. The molecule has 7 heteroatoms. The van der Waals surface area contributed by atoms with E-state index >= 15 is 0 Å². The molecular weight excluding hydrogens is 358 g/mol. The number of nitrogens with zero attached hydrogens (tertiary/aromatic N) is 3. The fraction of sp³-hybridized carbons (Fsp3) is 0.389. The van der Waals surface area contributed by atoms with Crippen molar-refractivity contribution in [1.82, 2.24) is 9.97 Å². The van der Waals surface area contributed by atoms with Gasteiger partial charge in [0.05, 0.1) is 12.7 Å². The predicted molar refractivity (Wildman–Crippen MR) is 100 cm³/mol. The van der Waals surface area contributed by atoms with Crippen LogP contribution in [0, 0.1) is 0 Å². The Morgan fingerprint density at radius 2 is 1.92 bits per heavy atom. The topological polar surface area (TPSA) is 55.3 Å². The highest BCUT2D eigenvalue weighted by molar-refractivity contribution is 7.98. The highest BCUT2D eigenvalue weighted by Crippen LogP contribution is 2.26. The number of hydrogen-bond acceptors (Lipinski definition) is 6. The molecule has 0 aliphatic carbocycles. The van der Waals surface area contributed by atoms with E-state index < -0.39 is 0 Å². The summed E-state index contributed by atoms with van der Waals surface area (Å²) in [7, 11) is 1.38. The van der Waals surface area contributed by atoms with Crippen LogP contribution in [-0.4, -0.2) is 36.1 Å². The van der Waals surface area contributed by atoms with Crippen molar-refractivity contribution >= 4 is 35.1 Å². The molecule has 1 aromatic carbocycles. The van der Waals surface area contributed by atoms with Crippen LogP contribution in [0.4, 0.5) is 5.82 Å². The van der Waals surface area contributed by atoms with E-state index in [0.717, 1.165) is 24.5 Å². The second-order valence-corrected chi connectivity index (χ2v) is 7.19. The first-order valence-electron chi connectivity index (χ1n) is 8.25. The van der Waals surface area contributed by atoms with E-state index in [1.807, 2.05) is 18.2 Å². The predicted octanol–water partition coefficient (Wildman–Crippen LogP) is 4.20. The summed E-state index contributed by atoms with van der Waals surface area (Å²) in [5, 5.41) is 1.14. The Labute approximate surface area is 156 Å². The average molecular weight is 378 g/mol. The molecule has 5 nitrogen and oxygen atoms in total. The molecule has 0 radical (unpaired) electrons. The first-order chi connectivity index (χ1) is 12.2. The number of piperidine rings is 1. The largest absolute Gasteiger partial charge is 0.465 e. The van der Waals surface area contributed by atoms with Crippen LogP contribution in [0.25, 0.3) is 0 Å². The van der Waals surface area contributed by atoms with E-state index in [4.69, 9.17) is 16.3 Å². The molecule has 1 aliphatic rings. The van der Waals surface area contributed by atoms with Crippen molar-refractivity contribution in [2.75, 3.05) is 25.1 Å². The number of benzene rings is 1. The van der Waals surface area contributed by atoms with Gasteiger partial charge in [0.15, 0.2) is 5.16 Å². The summed E-state index contributed by atoms with van der Waals surface area (Å²) in [6.45, 7) is 2.04. The van der Waals surface area contributed by atoms with Crippen LogP contribution in [0.1, 0.15) is 35.2 Å². The molecule has 1 aliphatic heterocycles. The summed E-state index contributed by atoms with van der Waals surface area (Å²) in [6, 6.07) is 9.19. The maximum absolute atomic E-state index is 11.5. The van der Waals surface area contributed by atoms with Crippen molar-refractivity contribution in [2.24, 2.45) is 0 Å². The summed E-state index contributed by atoms with van der Waals surface area (Å²) >= 11 is 7.72. The minimum atomic E-state index is -0.330. The molecule has 1 aromatic heterocycles. The number of halogens is 1. The van der Waals surface area contributed by atoms with Crippen LogP contribution in [0.3, 0.4) is 0 Å². The molecule has 0 unspecified atom stereocenters. The number of anilines is 1. The SMILES string of the molecule is COC(=O)c1ccc(CSc2nc(Cl)cc(N3CCCCC3)n2)cc1. The summed E-state index contributed by atoms with van der Waals surface area (Å²) in [5.41, 5.74) is 1.63. The van der Waals surface area contributed by atoms with Gasteiger partial charge in [-0.2, -0.15) is 0 Å². The number of hydrogen-bond donors (Lipinski definition) is 0. The Balaban J connectivity index is 1.66. The van der Waals surface area contributed by atoms with Gasteiger partial charge in [0.25, 0.3) is 0 Å². The number of methoxy groups -OCH3 is 1. The number of ether oxygens (including phenoxy) is 1. The molecular formula is C18H20ClN3O2S. The number of carbonyl (C=O) groups is 1. The van der Waals surface area contributed by atoms with Gasteiger partial charge in [-0.05, 0) is 37.0 Å². The molecule has 1 saturated heterocycles. The average Bonchev–Trinajstić information content (AvgIpc) is 2.66. The Kier molecular flexibility index (Phi) is 6.15. The van der Waals surface area contributed by atoms with Gasteiger partial charge in [-0.3, -0.25) is 0 Å². The van der Waals surface area contributed by atoms with Crippen LogP contribution >= 0.6 is 23.4 Å². The molecule has 0 atom stereocenters. The van der Waals surface area contributed by atoms with Crippen molar-refractivity contribution in [3.63, 3.8) is 0 Å². The van der Waals surface area contributed by atoms with E-state index in [-0.39, 0.29) is 5.97 Å². The molecule has 1 fully saturated rings. The van der Waals surface area contributed by atoms with Crippen molar-refractivity contribution in [1.29, 1.82) is 0 Å². The van der Waals surface area contributed by atoms with Crippen LogP contribution < -0.4 is 4.90 Å². The van der Waals surface area contributed by atoms with Crippen LogP contribution in [0.2, 0.25) is 5.15 Å². The van der Waals surface area contributed by atoms with E-state index in [9.17, 15) is 4.79 Å². The molecule has 0 spiro atoms. The molecule has 0 bridgehead atoms. The lowest BCUT2D eigenvalue weighted by atomic mass is 10.1. The molecule has 2 aromatic rings. The van der Waals surface area contributed by atoms with Gasteiger partial charge in [-0.1, -0.05) is 35.5 Å². The number of rotatable bonds is 5. The zero-order valence-corrected chi connectivity index (χ0v) is 15.6. The normalized spacial score (nSPS) is 14.4. The fourth-order valence-corrected chi connectivity index (χ4v) is 3.77. The van der Waals surface area contributed by atoms with E-state index in [2.05, 4.69) is 14.9 Å². The molecule has 2 heterocycles. The Morgan fingerprint density at radius 1 is 1.20 bits per heavy atom. The van der Waals surface area contributed by atoms with Gasteiger partial charge in [0.2, 0.25) is 0 Å². The van der Waals surface area contributed by atoms with Crippen molar-refractivity contribution in [3.05, 3.63) is 46.6 Å². The van der Waals surface area contributed by atoms with Gasteiger partial charge in [0.1, 0.15) is 11.0 Å². The van der Waals surface area contributed by atoms with Gasteiger partial charge >= 0.3 is 5.97 Å². The Bertz CT molecular complexity index is 734. The molecule has 0 N–H and O–H groups in total. The minimum absolute atomic E-state index is 0.330. The quantitative estimate of drug-likeness (QED) is 0.337. The molecule has 0 saturated carbocycles. The third-order valence-corrected chi connectivity index (χ3v) is 5.20. The monoisotopic (exact) mass is 377 g/mol. The van der Waals surface area contributed by atoms with E-state index in [1.165, 1.54) is 38.1 Å². The lowest BCUT2D eigenvalue weighted by Crippen LogP contribution is -2.30. The Morgan fingerprint density at radius 3 is 2.60 bits per heavy atom. The van der Waals surface area contributed by atoms with Crippen molar-refractivity contribution < 1.29 is 9.53 Å². The van der Waals surface area contributed by atoms with Gasteiger partial charge < -0.3 is 9.64 Å². The lowest BCUT2D eigenvalue weighted by Gasteiger charge is -2.27. The molecule has 0 amide bonds. The third kappa shape index (κ3) is 4.86. The Hall–Kier alpha value is -1.79. The number of thioether (sulfide) groups is 1. The van der Waals surface area contributed by atoms with Crippen molar-refractivity contribution in [2.45, 2.75) is 30.2 Å². The molecule has 3 rings (SSSR count). The first-order valence-corrected chi connectivity index (χ1v) is 9.61. The maximum atomic E-state index is 11.5.